The molecule has 0 bridgehead atoms. The van der Waals surface area contributed by atoms with Crippen LogP contribution in [0.25, 0.3) is 10.7 Å². The van der Waals surface area contributed by atoms with Gasteiger partial charge in [-0.3, -0.25) is 9.78 Å². The van der Waals surface area contributed by atoms with E-state index in [2.05, 4.69) is 36.3 Å². The van der Waals surface area contributed by atoms with Gasteiger partial charge >= 0.3 is 0 Å². The van der Waals surface area contributed by atoms with Crippen LogP contribution < -0.4 is 5.32 Å². The molecule has 28 heavy (non-hydrogen) atoms. The number of carbonyl (C=O) groups excluding carboxylic acids is 1. The van der Waals surface area contributed by atoms with E-state index >= 15 is 0 Å². The number of halogens is 1. The monoisotopic (exact) mass is 453 g/mol. The van der Waals surface area contributed by atoms with Gasteiger partial charge in [0.1, 0.15) is 15.7 Å². The highest BCUT2D eigenvalue weighted by Gasteiger charge is 2.18. The van der Waals surface area contributed by atoms with Gasteiger partial charge in [-0.2, -0.15) is 5.10 Å². The Morgan fingerprint density at radius 1 is 1.14 bits per heavy atom. The third-order valence-corrected chi connectivity index (χ3v) is 6.08. The van der Waals surface area contributed by atoms with Crippen molar-refractivity contribution in [2.45, 2.75) is 13.5 Å². The molecule has 0 radical (unpaired) electrons. The number of aryl methyl sites for hydroxylation is 1. The lowest BCUT2D eigenvalue weighted by atomic mass is 10.2. The number of aromatic nitrogens is 4. The van der Waals surface area contributed by atoms with Crippen molar-refractivity contribution in [2.24, 2.45) is 0 Å². The van der Waals surface area contributed by atoms with Gasteiger partial charge in [0, 0.05) is 16.7 Å². The maximum absolute atomic E-state index is 12.8. The summed E-state index contributed by atoms with van der Waals surface area (Å²) in [6, 6.07) is 15.4. The van der Waals surface area contributed by atoms with Crippen molar-refractivity contribution >= 4 is 39.0 Å². The molecule has 3 aromatic heterocycles. The van der Waals surface area contributed by atoms with Crippen LogP contribution in [0.4, 0.5) is 5.82 Å². The average molecular weight is 454 g/mol. The summed E-state index contributed by atoms with van der Waals surface area (Å²) < 4.78 is 2.76. The number of amides is 1. The molecule has 8 heteroatoms. The van der Waals surface area contributed by atoms with Gasteiger partial charge in [0.15, 0.2) is 0 Å². The Labute approximate surface area is 174 Å². The van der Waals surface area contributed by atoms with E-state index in [0.717, 1.165) is 20.7 Å². The highest BCUT2D eigenvalue weighted by molar-refractivity contribution is 9.10. The number of nitrogens with zero attached hydrogens (tertiary/aromatic N) is 4. The summed E-state index contributed by atoms with van der Waals surface area (Å²) in [6.45, 7) is 2.38. The molecule has 1 N–H and O–H groups in total. The van der Waals surface area contributed by atoms with Gasteiger partial charge < -0.3 is 5.32 Å². The number of thiazole rings is 1. The lowest BCUT2D eigenvalue weighted by molar-refractivity contribution is 0.102. The Bertz CT molecular complexity index is 1120. The second kappa shape index (κ2) is 8.04. The van der Waals surface area contributed by atoms with Crippen molar-refractivity contribution < 1.29 is 4.79 Å². The minimum absolute atomic E-state index is 0.203. The quantitative estimate of drug-likeness (QED) is 0.472. The van der Waals surface area contributed by atoms with Gasteiger partial charge in [-0.1, -0.05) is 40.2 Å². The van der Waals surface area contributed by atoms with Gasteiger partial charge in [-0.15, -0.1) is 11.3 Å². The van der Waals surface area contributed by atoms with E-state index < -0.39 is 0 Å². The van der Waals surface area contributed by atoms with Crippen LogP contribution in [0, 0.1) is 6.92 Å². The number of nitrogens with one attached hydrogen (secondary N) is 1. The molecule has 140 valence electrons. The molecular formula is C20H16BrN5OS. The Kier molecular flexibility index (Phi) is 5.31. The van der Waals surface area contributed by atoms with Gasteiger partial charge in [-0.25, -0.2) is 9.67 Å². The number of rotatable bonds is 5. The molecule has 0 aliphatic carbocycles. The molecule has 4 rings (SSSR count). The van der Waals surface area contributed by atoms with Gasteiger partial charge in [0.2, 0.25) is 0 Å². The topological polar surface area (TPSA) is 72.7 Å². The molecule has 0 atom stereocenters. The van der Waals surface area contributed by atoms with E-state index in [0.29, 0.717) is 22.9 Å². The average Bonchev–Trinajstić information content (AvgIpc) is 3.31. The van der Waals surface area contributed by atoms with Crippen LogP contribution in [-0.2, 0) is 6.54 Å². The molecule has 0 aliphatic rings. The van der Waals surface area contributed by atoms with Crippen molar-refractivity contribution in [3.8, 4) is 10.7 Å². The van der Waals surface area contributed by atoms with E-state index in [1.54, 1.807) is 23.1 Å². The molecule has 0 fully saturated rings. The molecule has 0 unspecified atom stereocenters. The maximum atomic E-state index is 12.8. The Morgan fingerprint density at radius 2 is 1.96 bits per heavy atom. The van der Waals surface area contributed by atoms with E-state index in [4.69, 9.17) is 0 Å². The van der Waals surface area contributed by atoms with Gasteiger partial charge in [0.05, 0.1) is 24.1 Å². The zero-order valence-corrected chi connectivity index (χ0v) is 17.4. The zero-order valence-electron chi connectivity index (χ0n) is 15.0. The number of carbonyl (C=O) groups is 1. The van der Waals surface area contributed by atoms with Crippen molar-refractivity contribution in [3.63, 3.8) is 0 Å². The van der Waals surface area contributed by atoms with E-state index in [1.165, 1.54) is 11.3 Å². The molecule has 0 spiro atoms. The molecule has 4 aromatic rings. The number of pyridine rings is 1. The number of hydrogen-bond donors (Lipinski definition) is 1. The van der Waals surface area contributed by atoms with Crippen molar-refractivity contribution in [1.82, 2.24) is 19.7 Å². The predicted octanol–water partition coefficient (Wildman–Crippen LogP) is 4.77. The van der Waals surface area contributed by atoms with Crippen molar-refractivity contribution in [3.05, 3.63) is 81.5 Å². The zero-order chi connectivity index (χ0) is 19.5. The van der Waals surface area contributed by atoms with Crippen LogP contribution in [0.15, 0.2) is 65.4 Å². The standard InChI is InChI=1S/C20H16BrN5OS/c1-13-18(28-20(24-13)16-8-4-5-10-22-16)19(27)25-17-9-11-23-26(17)12-14-6-2-3-7-15(14)21/h2-11H,12H2,1H3,(H,25,27). The molecule has 1 aromatic carbocycles. The summed E-state index contributed by atoms with van der Waals surface area (Å²) in [4.78, 5) is 22.2. The molecule has 0 aliphatic heterocycles. The highest BCUT2D eigenvalue weighted by atomic mass is 79.9. The van der Waals surface area contributed by atoms with E-state index in [-0.39, 0.29) is 5.91 Å². The normalized spacial score (nSPS) is 10.8. The summed E-state index contributed by atoms with van der Waals surface area (Å²) in [7, 11) is 0. The minimum atomic E-state index is -0.203. The first-order valence-electron chi connectivity index (χ1n) is 8.57. The van der Waals surface area contributed by atoms with E-state index in [9.17, 15) is 4.79 Å². The Hall–Kier alpha value is -2.84. The molecule has 0 saturated heterocycles. The fourth-order valence-electron chi connectivity index (χ4n) is 2.73. The third-order valence-electron chi connectivity index (χ3n) is 4.12. The SMILES string of the molecule is Cc1nc(-c2ccccn2)sc1C(=O)Nc1ccnn1Cc1ccccc1Br. The second-order valence-electron chi connectivity index (χ2n) is 6.07. The summed E-state index contributed by atoms with van der Waals surface area (Å²) in [5, 5.41) is 8.01. The second-order valence-corrected chi connectivity index (χ2v) is 7.92. The summed E-state index contributed by atoms with van der Waals surface area (Å²) in [6.07, 6.45) is 3.39. The molecule has 3 heterocycles. The molecular weight excluding hydrogens is 438 g/mol. The highest BCUT2D eigenvalue weighted by Crippen LogP contribution is 2.27. The van der Waals surface area contributed by atoms with Crippen LogP contribution in [-0.4, -0.2) is 25.7 Å². The van der Waals surface area contributed by atoms with Crippen LogP contribution >= 0.6 is 27.3 Å². The Balaban J connectivity index is 1.55. The van der Waals surface area contributed by atoms with E-state index in [1.807, 2.05) is 49.4 Å². The predicted molar refractivity (Wildman–Crippen MR) is 114 cm³/mol. The summed E-state index contributed by atoms with van der Waals surface area (Å²) in [5.41, 5.74) is 2.52. The third kappa shape index (κ3) is 3.88. The largest absolute Gasteiger partial charge is 0.306 e. The molecule has 6 nitrogen and oxygen atoms in total. The summed E-state index contributed by atoms with van der Waals surface area (Å²) >= 11 is 4.88. The van der Waals surface area contributed by atoms with Gasteiger partial charge in [-0.05, 0) is 30.7 Å². The smallest absolute Gasteiger partial charge is 0.268 e. The van der Waals surface area contributed by atoms with Crippen molar-refractivity contribution in [1.29, 1.82) is 0 Å². The lowest BCUT2D eigenvalue weighted by Gasteiger charge is -2.10. The van der Waals surface area contributed by atoms with Crippen LogP contribution in [0.3, 0.4) is 0 Å². The minimum Gasteiger partial charge on any atom is -0.306 e. The van der Waals surface area contributed by atoms with Gasteiger partial charge in [0.25, 0.3) is 5.91 Å². The molecule has 0 saturated carbocycles. The number of benzene rings is 1. The van der Waals surface area contributed by atoms with Crippen LogP contribution in [0.2, 0.25) is 0 Å². The van der Waals surface area contributed by atoms with Crippen LogP contribution in [0.5, 0.6) is 0 Å². The number of anilines is 1. The first-order chi connectivity index (χ1) is 13.6. The molecule has 1 amide bonds. The van der Waals surface area contributed by atoms with Crippen LogP contribution in [0.1, 0.15) is 20.9 Å². The Morgan fingerprint density at radius 3 is 2.75 bits per heavy atom. The summed E-state index contributed by atoms with van der Waals surface area (Å²) in [5.74, 6) is 0.430. The first-order valence-corrected chi connectivity index (χ1v) is 10.2. The maximum Gasteiger partial charge on any atom is 0.268 e. The number of hydrogen-bond acceptors (Lipinski definition) is 5. The van der Waals surface area contributed by atoms with Crippen molar-refractivity contribution in [2.75, 3.05) is 5.32 Å². The first kappa shape index (κ1) is 18.5. The lowest BCUT2D eigenvalue weighted by Crippen LogP contribution is -2.16. The fourth-order valence-corrected chi connectivity index (χ4v) is 4.08. The fraction of sp³-hybridized carbons (Fsp3) is 0.100.